The Kier molecular flexibility index (Phi) is 3.84. The molecule has 2 saturated heterocycles. The Morgan fingerprint density at radius 1 is 1.05 bits per heavy atom. The van der Waals surface area contributed by atoms with Crippen LogP contribution in [0.5, 0.6) is 0 Å². The average molecular weight is 297 g/mol. The predicted octanol–water partition coefficient (Wildman–Crippen LogP) is 1.21. The molecule has 2 aliphatic rings. The van der Waals surface area contributed by atoms with Gasteiger partial charge < -0.3 is 4.84 Å². The molecule has 0 spiro atoms. The molecule has 21 heavy (non-hydrogen) atoms. The fourth-order valence-corrected chi connectivity index (χ4v) is 3.25. The molecule has 0 saturated carbocycles. The average Bonchev–Trinajstić information content (AvgIpc) is 2.66. The summed E-state index contributed by atoms with van der Waals surface area (Å²) >= 11 is 0. The van der Waals surface area contributed by atoms with Crippen LogP contribution >= 0.6 is 0 Å². The van der Waals surface area contributed by atoms with Gasteiger partial charge in [-0.15, -0.1) is 15.3 Å². The Morgan fingerprint density at radius 2 is 1.48 bits per heavy atom. The largest absolute Gasteiger partial charge is 0.336 e. The van der Waals surface area contributed by atoms with E-state index in [0.29, 0.717) is 17.9 Å². The molecular weight excluding hydrogens is 276 g/mol. The third kappa shape index (κ3) is 2.94. The van der Waals surface area contributed by atoms with Crippen LogP contribution in [0.1, 0.15) is 53.4 Å². The molecule has 0 aromatic carbocycles. The Hall–Kier alpha value is -1.47. The Balaban J connectivity index is 2.09. The van der Waals surface area contributed by atoms with Gasteiger partial charge in [-0.05, 0) is 40.5 Å². The highest BCUT2D eigenvalue weighted by molar-refractivity contribution is 6.01. The second kappa shape index (κ2) is 5.06. The van der Waals surface area contributed by atoms with E-state index in [4.69, 9.17) is 4.84 Å². The van der Waals surface area contributed by atoms with Crippen LogP contribution < -0.4 is 0 Å². The van der Waals surface area contributed by atoms with Crippen LogP contribution in [0.3, 0.4) is 0 Å². The summed E-state index contributed by atoms with van der Waals surface area (Å²) in [5.74, 6) is -2.12. The first-order chi connectivity index (χ1) is 9.54. The summed E-state index contributed by atoms with van der Waals surface area (Å²) < 4.78 is 0. The van der Waals surface area contributed by atoms with Crippen molar-refractivity contribution in [3.8, 4) is 0 Å². The lowest BCUT2D eigenvalue weighted by atomic mass is 9.75. The molecule has 1 radical (unpaired) electrons. The summed E-state index contributed by atoms with van der Waals surface area (Å²) in [6, 6.07) is 0. The zero-order valence-corrected chi connectivity index (χ0v) is 12.8. The maximum atomic E-state index is 12.2. The molecule has 2 aliphatic heterocycles. The fraction of sp³-hybridized carbons (Fsp3) is 0.786. The monoisotopic (exact) mass is 297 g/mol. The topological polar surface area (TPSA) is 86.8 Å². The van der Waals surface area contributed by atoms with Gasteiger partial charge in [0.1, 0.15) is 0 Å². The van der Waals surface area contributed by atoms with Gasteiger partial charge in [0.2, 0.25) is 0 Å². The van der Waals surface area contributed by atoms with Gasteiger partial charge in [-0.25, -0.2) is 4.79 Å². The summed E-state index contributed by atoms with van der Waals surface area (Å²) in [6.07, 6.45) is 0.800. The number of amides is 2. The summed E-state index contributed by atoms with van der Waals surface area (Å²) in [6.45, 7) is 7.08. The van der Waals surface area contributed by atoms with Crippen LogP contribution in [0.25, 0.3) is 0 Å². The molecule has 7 nitrogen and oxygen atoms in total. The number of nitrogens with zero attached hydrogens (tertiary/aromatic N) is 2. The van der Waals surface area contributed by atoms with E-state index in [1.165, 1.54) is 0 Å². The molecule has 0 aromatic rings. The highest BCUT2D eigenvalue weighted by Crippen LogP contribution is 2.40. The van der Waals surface area contributed by atoms with Crippen molar-refractivity contribution in [1.82, 2.24) is 10.1 Å². The van der Waals surface area contributed by atoms with Crippen molar-refractivity contribution in [2.24, 2.45) is 5.92 Å². The molecule has 0 aliphatic carbocycles. The number of carbonyl (C=O) groups is 3. The highest BCUT2D eigenvalue weighted by atomic mass is 16.7. The van der Waals surface area contributed by atoms with E-state index in [0.717, 1.165) is 5.06 Å². The summed E-state index contributed by atoms with van der Waals surface area (Å²) in [7, 11) is 0. The second-order valence-corrected chi connectivity index (χ2v) is 7.02. The van der Waals surface area contributed by atoms with Crippen molar-refractivity contribution < 1.29 is 24.4 Å². The fourth-order valence-electron chi connectivity index (χ4n) is 3.25. The van der Waals surface area contributed by atoms with Crippen LogP contribution in [0.2, 0.25) is 0 Å². The lowest BCUT2D eigenvalue weighted by molar-refractivity contribution is -0.295. The van der Waals surface area contributed by atoms with Crippen molar-refractivity contribution in [3.63, 3.8) is 0 Å². The Bertz CT molecular complexity index is 452. The predicted molar refractivity (Wildman–Crippen MR) is 70.6 cm³/mol. The van der Waals surface area contributed by atoms with Gasteiger partial charge in [-0.1, -0.05) is 0 Å². The number of hydroxylamine groups is 4. The lowest BCUT2D eigenvalue weighted by Gasteiger charge is -2.49. The lowest BCUT2D eigenvalue weighted by Crippen LogP contribution is -2.59. The molecule has 2 heterocycles. The maximum Gasteiger partial charge on any atom is 0.336 e. The number of hydrogen-bond acceptors (Lipinski definition) is 5. The van der Waals surface area contributed by atoms with Crippen LogP contribution in [0.15, 0.2) is 0 Å². The summed E-state index contributed by atoms with van der Waals surface area (Å²) in [4.78, 5) is 40.2. The van der Waals surface area contributed by atoms with Gasteiger partial charge in [-0.2, -0.15) is 0 Å². The number of piperidine rings is 1. The molecule has 0 bridgehead atoms. The summed E-state index contributed by atoms with van der Waals surface area (Å²) in [5, 5.41) is 13.8. The highest BCUT2D eigenvalue weighted by Gasteiger charge is 2.49. The van der Waals surface area contributed by atoms with Crippen molar-refractivity contribution in [3.05, 3.63) is 0 Å². The molecular formula is C14H21N2O5. The first kappa shape index (κ1) is 15.9. The molecule has 0 atom stereocenters. The van der Waals surface area contributed by atoms with Crippen LogP contribution in [0, 0.1) is 5.92 Å². The van der Waals surface area contributed by atoms with E-state index in [1.807, 2.05) is 0 Å². The maximum absolute atomic E-state index is 12.2. The molecule has 0 N–H and O–H groups in total. The Morgan fingerprint density at radius 3 is 1.90 bits per heavy atom. The minimum Gasteiger partial charge on any atom is -0.330 e. The second-order valence-electron chi connectivity index (χ2n) is 7.02. The molecule has 2 fully saturated rings. The molecule has 0 aromatic heterocycles. The van der Waals surface area contributed by atoms with E-state index >= 15 is 0 Å². The minimum absolute atomic E-state index is 0.0715. The van der Waals surface area contributed by atoms with Gasteiger partial charge in [0.05, 0.1) is 5.92 Å². The number of imide groups is 1. The van der Waals surface area contributed by atoms with Crippen molar-refractivity contribution in [1.29, 1.82) is 0 Å². The van der Waals surface area contributed by atoms with E-state index in [1.54, 1.807) is 27.7 Å². The third-order valence-corrected chi connectivity index (χ3v) is 4.11. The first-order valence-electron chi connectivity index (χ1n) is 7.10. The van der Waals surface area contributed by atoms with E-state index in [2.05, 4.69) is 0 Å². The Labute approximate surface area is 123 Å². The van der Waals surface area contributed by atoms with Gasteiger partial charge in [0.15, 0.2) is 0 Å². The first-order valence-corrected chi connectivity index (χ1v) is 7.10. The quantitative estimate of drug-likeness (QED) is 0.715. The number of carbonyl (C=O) groups excluding carboxylic acids is 3. The molecule has 0 unspecified atom stereocenters. The van der Waals surface area contributed by atoms with Gasteiger partial charge >= 0.3 is 5.97 Å². The SMILES string of the molecule is CC1(C)CC(C(=O)ON2C(=O)CCC2=O)CC(C)(C)N1[O]. The van der Waals surface area contributed by atoms with Crippen molar-refractivity contribution in [2.45, 2.75) is 64.5 Å². The van der Waals surface area contributed by atoms with Gasteiger partial charge in [0, 0.05) is 23.9 Å². The zero-order chi connectivity index (χ0) is 16.0. The van der Waals surface area contributed by atoms with Crippen LogP contribution in [0.4, 0.5) is 0 Å². The van der Waals surface area contributed by atoms with Crippen LogP contribution in [-0.4, -0.2) is 39.0 Å². The van der Waals surface area contributed by atoms with E-state index < -0.39 is 34.8 Å². The zero-order valence-electron chi connectivity index (χ0n) is 12.8. The van der Waals surface area contributed by atoms with E-state index in [-0.39, 0.29) is 12.8 Å². The normalized spacial score (nSPS) is 26.2. The van der Waals surface area contributed by atoms with Crippen molar-refractivity contribution >= 4 is 17.8 Å². The number of rotatable bonds is 2. The summed E-state index contributed by atoms with van der Waals surface area (Å²) in [5.41, 5.74) is -1.41. The smallest absolute Gasteiger partial charge is 0.330 e. The molecule has 2 amide bonds. The molecule has 7 heteroatoms. The van der Waals surface area contributed by atoms with Crippen molar-refractivity contribution in [2.75, 3.05) is 0 Å². The molecule has 117 valence electrons. The molecule has 2 rings (SSSR count). The van der Waals surface area contributed by atoms with Gasteiger partial charge in [-0.3, -0.25) is 9.59 Å². The minimum atomic E-state index is -0.704. The van der Waals surface area contributed by atoms with Crippen LogP contribution in [-0.2, 0) is 24.4 Å². The number of hydrogen-bond donors (Lipinski definition) is 0. The standard InChI is InChI=1S/C14H21N2O5/c1-13(2)7-9(8-14(3,4)16(13)20)12(19)21-15-10(17)5-6-11(15)18/h9H,5-8H2,1-4H3. The van der Waals surface area contributed by atoms with E-state index in [9.17, 15) is 19.6 Å². The van der Waals surface area contributed by atoms with Gasteiger partial charge in [0.25, 0.3) is 11.8 Å². The third-order valence-electron chi connectivity index (χ3n) is 4.11.